The first-order valence-electron chi connectivity index (χ1n) is 9.15. The number of hydrogen-bond acceptors (Lipinski definition) is 6. The number of thiophene rings is 2. The van der Waals surface area contributed by atoms with E-state index < -0.39 is 30.2 Å². The molecule has 0 atom stereocenters. The van der Waals surface area contributed by atoms with Crippen molar-refractivity contribution in [2.45, 2.75) is 13.3 Å². The van der Waals surface area contributed by atoms with Crippen molar-refractivity contribution in [1.82, 2.24) is 0 Å². The van der Waals surface area contributed by atoms with Crippen LogP contribution in [-0.2, 0) is 4.74 Å². The van der Waals surface area contributed by atoms with E-state index in [1.807, 2.05) is 0 Å². The molecule has 0 spiro atoms. The summed E-state index contributed by atoms with van der Waals surface area (Å²) in [7, 11) is 0. The van der Waals surface area contributed by atoms with Gasteiger partial charge in [-0.2, -0.15) is 5.26 Å². The number of hydrogen-bond donors (Lipinski definition) is 0. The average Bonchev–Trinajstić information content (AvgIpc) is 3.06. The van der Waals surface area contributed by atoms with Crippen LogP contribution in [0.15, 0.2) is 34.9 Å². The molecule has 0 bridgehead atoms. The fourth-order valence-electron chi connectivity index (χ4n) is 0.869. The van der Waals surface area contributed by atoms with Crippen molar-refractivity contribution in [1.29, 1.82) is 5.26 Å². The van der Waals surface area contributed by atoms with Crippen LogP contribution in [0.25, 0.3) is 0 Å². The van der Waals surface area contributed by atoms with Crippen LogP contribution in [0, 0.1) is 11.3 Å². The zero-order valence-corrected chi connectivity index (χ0v) is 11.8. The number of Topliss-reactive ketones (excluding diaryl/α,β-unsaturated/α-hetero) is 1. The summed E-state index contributed by atoms with van der Waals surface area (Å²) in [6.45, 7) is 1.90. The highest BCUT2D eigenvalue weighted by atomic mass is 32.1. The fourth-order valence-corrected chi connectivity index (χ4v) is 1.77. The molecule has 0 saturated heterocycles. The van der Waals surface area contributed by atoms with Crippen LogP contribution in [-0.4, -0.2) is 18.4 Å². The molecule has 2 aromatic heterocycles. The number of nitriles is 1. The maximum atomic E-state index is 11.4. The zero-order chi connectivity index (χ0) is 21.8. The van der Waals surface area contributed by atoms with E-state index in [9.17, 15) is 9.59 Å². The first kappa shape index (κ1) is 7.72. The lowest BCUT2D eigenvalue weighted by atomic mass is 10.2. The van der Waals surface area contributed by atoms with Gasteiger partial charge in [0.15, 0.2) is 5.78 Å². The van der Waals surface area contributed by atoms with Crippen molar-refractivity contribution in [3.05, 3.63) is 44.6 Å². The Morgan fingerprint density at radius 1 is 1.35 bits per heavy atom. The Morgan fingerprint density at radius 3 is 2.40 bits per heavy atom. The molecule has 0 fully saturated rings. The van der Waals surface area contributed by atoms with E-state index in [4.69, 9.17) is 16.2 Å². The van der Waals surface area contributed by atoms with Crippen LogP contribution in [0.5, 0.6) is 0 Å². The number of esters is 1. The Labute approximate surface area is 136 Å². The average molecular weight is 315 g/mol. The molecular weight excluding hydrogens is 294 g/mol. The smallest absolute Gasteiger partial charge is 0.348 e. The Hall–Kier alpha value is -1.97. The molecule has 0 unspecified atom stereocenters. The summed E-state index contributed by atoms with van der Waals surface area (Å²) in [6, 6.07) is -0.160. The molecule has 0 aliphatic carbocycles. The minimum atomic E-state index is -2.71. The van der Waals surface area contributed by atoms with Crippen molar-refractivity contribution in [2.75, 3.05) is 6.61 Å². The van der Waals surface area contributed by atoms with Crippen LogP contribution in [0.1, 0.15) is 43.6 Å². The quantitative estimate of drug-likeness (QED) is 0.636. The monoisotopic (exact) mass is 315 g/mol. The van der Waals surface area contributed by atoms with Crippen LogP contribution in [0.3, 0.4) is 0 Å². The van der Waals surface area contributed by atoms with E-state index in [2.05, 4.69) is 4.74 Å². The second kappa shape index (κ2) is 9.02. The summed E-state index contributed by atoms with van der Waals surface area (Å²) in [6.07, 6.45) is -2.71. The van der Waals surface area contributed by atoms with Gasteiger partial charge in [0, 0.05) is 0 Å². The second-order valence-electron chi connectivity index (χ2n) is 2.85. The van der Waals surface area contributed by atoms with E-state index in [1.165, 1.54) is 6.07 Å². The number of ether oxygens (including phenoxy) is 1. The molecule has 0 aromatic carbocycles. The summed E-state index contributed by atoms with van der Waals surface area (Å²) in [5.41, 5.74) is 0. The number of nitrogens with zero attached hydrogens (tertiary/aromatic N) is 1. The summed E-state index contributed by atoms with van der Waals surface area (Å²) in [4.78, 5) is 22.2. The maximum Gasteiger partial charge on any atom is 0.348 e. The van der Waals surface area contributed by atoms with Gasteiger partial charge in [-0.25, -0.2) is 4.79 Å². The van der Waals surface area contributed by atoms with Crippen molar-refractivity contribution in [3.8, 4) is 6.07 Å². The third-order valence-corrected chi connectivity index (χ3v) is 2.97. The molecule has 0 saturated carbocycles. The molecule has 2 heterocycles. The third-order valence-electron chi connectivity index (χ3n) is 1.60. The van der Waals surface area contributed by atoms with Crippen LogP contribution in [0.2, 0.25) is 0 Å². The fraction of sp³-hybridized carbons (Fsp3) is 0.214. The maximum absolute atomic E-state index is 11.4. The molecular formula is C14H13NO3S2. The molecule has 2 rings (SSSR count). The molecule has 0 amide bonds. The molecule has 0 radical (unpaired) electrons. The minimum absolute atomic E-state index is 0.0388. The van der Waals surface area contributed by atoms with Gasteiger partial charge in [0.05, 0.1) is 34.9 Å². The van der Waals surface area contributed by atoms with E-state index in [1.54, 1.807) is 6.92 Å². The molecule has 104 valence electrons. The van der Waals surface area contributed by atoms with Gasteiger partial charge in [0.2, 0.25) is 0 Å². The largest absolute Gasteiger partial charge is 0.462 e. The van der Waals surface area contributed by atoms with Gasteiger partial charge in [-0.3, -0.25) is 4.79 Å². The lowest BCUT2D eigenvalue weighted by Gasteiger charge is -1.95. The molecule has 2 aromatic rings. The standard InChI is InChI=1S/C7H5NOS.C7H8O2S/c8-4-3-6(9)7-2-1-5-10-7;1-2-9-7(8)6-4-3-5-10-6/h1-2,5H,3H2;3-5H,2H2,1H3/i1D,2D,3D2,5D;3D,4D,5D. The van der Waals surface area contributed by atoms with Gasteiger partial charge < -0.3 is 4.74 Å². The van der Waals surface area contributed by atoms with E-state index in [0.29, 0.717) is 11.3 Å². The van der Waals surface area contributed by atoms with Crippen LogP contribution < -0.4 is 0 Å². The third kappa shape index (κ3) is 5.34. The topological polar surface area (TPSA) is 67.2 Å². The van der Waals surface area contributed by atoms with E-state index in [0.717, 1.165) is 11.3 Å². The van der Waals surface area contributed by atoms with Gasteiger partial charge in [-0.15, -0.1) is 22.7 Å². The second-order valence-corrected chi connectivity index (χ2v) is 4.49. The van der Waals surface area contributed by atoms with Gasteiger partial charge in [-0.1, -0.05) is 12.1 Å². The van der Waals surface area contributed by atoms with Gasteiger partial charge in [0.25, 0.3) is 0 Å². The molecule has 4 nitrogen and oxygen atoms in total. The number of ketones is 1. The predicted octanol–water partition coefficient (Wildman–Crippen LogP) is 3.77. The number of rotatable bonds is 4. The Kier molecular flexibility index (Phi) is 3.48. The lowest BCUT2D eigenvalue weighted by molar-refractivity contribution is 0.0532. The Balaban J connectivity index is 0.000000283. The highest BCUT2D eigenvalue weighted by molar-refractivity contribution is 7.12. The molecule has 6 heteroatoms. The molecule has 0 aliphatic heterocycles. The Morgan fingerprint density at radius 2 is 1.95 bits per heavy atom. The highest BCUT2D eigenvalue weighted by Crippen LogP contribution is 2.10. The van der Waals surface area contributed by atoms with Gasteiger partial charge in [0.1, 0.15) is 4.88 Å². The van der Waals surface area contributed by atoms with Crippen molar-refractivity contribution in [3.63, 3.8) is 0 Å². The zero-order valence-electron chi connectivity index (χ0n) is 18.2. The first-order valence-corrected chi connectivity index (χ1v) is 6.78. The highest BCUT2D eigenvalue weighted by Gasteiger charge is 2.05. The molecule has 0 N–H and O–H groups in total. The SMILES string of the molecule is [2H]c1sc(C(=O)C([2H])([2H])C#N)c([2H])c1[2H].[2H]c1sc(C(=O)OCC)c([2H])c1[2H]. The normalized spacial score (nSPS) is 15.4. The number of carbonyl (C=O) groups is 2. The van der Waals surface area contributed by atoms with Crippen LogP contribution >= 0.6 is 22.7 Å². The van der Waals surface area contributed by atoms with E-state index in [-0.39, 0.29) is 39.2 Å². The van der Waals surface area contributed by atoms with Crippen molar-refractivity contribution in [2.24, 2.45) is 0 Å². The molecule has 0 aliphatic rings. The first-order chi connectivity index (χ1) is 12.9. The number of carbonyl (C=O) groups excluding carboxylic acids is 2. The minimum Gasteiger partial charge on any atom is -0.462 e. The van der Waals surface area contributed by atoms with Crippen molar-refractivity contribution >= 4 is 34.4 Å². The molecule has 20 heavy (non-hydrogen) atoms. The van der Waals surface area contributed by atoms with Gasteiger partial charge in [-0.05, 0) is 29.7 Å². The predicted molar refractivity (Wildman–Crippen MR) is 79.2 cm³/mol. The Bertz CT molecular complexity index is 948. The van der Waals surface area contributed by atoms with Crippen molar-refractivity contribution < 1.29 is 25.3 Å². The lowest BCUT2D eigenvalue weighted by Crippen LogP contribution is -2.01. The summed E-state index contributed by atoms with van der Waals surface area (Å²) < 4.78 is 62.2. The summed E-state index contributed by atoms with van der Waals surface area (Å²) in [5, 5.41) is 8.04. The van der Waals surface area contributed by atoms with Crippen LogP contribution in [0.4, 0.5) is 0 Å². The summed E-state index contributed by atoms with van der Waals surface area (Å²) in [5.74, 6) is -1.78. The van der Waals surface area contributed by atoms with E-state index >= 15 is 0 Å². The van der Waals surface area contributed by atoms with Gasteiger partial charge >= 0.3 is 5.97 Å². The summed E-state index contributed by atoms with van der Waals surface area (Å²) >= 11 is 1.35.